The van der Waals surface area contributed by atoms with E-state index >= 15 is 0 Å². The highest BCUT2D eigenvalue weighted by Crippen LogP contribution is 2.38. The monoisotopic (exact) mass is 383 g/mol. The summed E-state index contributed by atoms with van der Waals surface area (Å²) in [4.78, 5) is 27.0. The van der Waals surface area contributed by atoms with Crippen molar-refractivity contribution >= 4 is 40.5 Å². The zero-order valence-corrected chi connectivity index (χ0v) is 15.3. The number of carbonyl (C=O) groups excluding carboxylic acids is 2. The maximum atomic E-state index is 13.6. The number of nitrogens with zero attached hydrogens (tertiary/aromatic N) is 1. The van der Waals surface area contributed by atoms with Gasteiger partial charge in [-0.1, -0.05) is 29.8 Å². The lowest BCUT2D eigenvalue weighted by molar-refractivity contribution is -0.117. The van der Waals surface area contributed by atoms with Gasteiger partial charge in [0.05, 0.1) is 33.3 Å². The summed E-state index contributed by atoms with van der Waals surface area (Å²) in [6.07, 6.45) is 0. The summed E-state index contributed by atoms with van der Waals surface area (Å²) in [5.74, 6) is -1.27. The van der Waals surface area contributed by atoms with Crippen LogP contribution in [-0.4, -0.2) is 25.9 Å². The van der Waals surface area contributed by atoms with Crippen LogP contribution in [-0.2, 0) is 9.59 Å². The minimum atomic E-state index is -0.447. The van der Waals surface area contributed by atoms with Gasteiger partial charge in [-0.3, -0.25) is 9.59 Å². The Kier molecular flexibility index (Phi) is 4.00. The van der Waals surface area contributed by atoms with E-state index in [-0.39, 0.29) is 11.1 Å². The van der Waals surface area contributed by atoms with E-state index in [2.05, 4.69) is 10.6 Å². The first-order valence-electron chi connectivity index (χ1n) is 8.21. The van der Waals surface area contributed by atoms with E-state index in [9.17, 15) is 14.0 Å². The Morgan fingerprint density at radius 2 is 1.48 bits per heavy atom. The van der Waals surface area contributed by atoms with Gasteiger partial charge in [-0.05, 0) is 24.3 Å². The average molecular weight is 384 g/mol. The molecule has 2 aliphatic rings. The van der Waals surface area contributed by atoms with Gasteiger partial charge < -0.3 is 15.5 Å². The van der Waals surface area contributed by atoms with Crippen LogP contribution in [0.4, 0.5) is 10.1 Å². The van der Waals surface area contributed by atoms with Crippen LogP contribution in [0.5, 0.6) is 0 Å². The van der Waals surface area contributed by atoms with E-state index in [4.69, 9.17) is 11.6 Å². The van der Waals surface area contributed by atoms with Crippen molar-refractivity contribution in [2.75, 3.05) is 19.0 Å². The van der Waals surface area contributed by atoms with Gasteiger partial charge in [-0.15, -0.1) is 0 Å². The third-order valence-corrected chi connectivity index (χ3v) is 4.82. The van der Waals surface area contributed by atoms with E-state index in [1.54, 1.807) is 18.2 Å². The molecule has 0 aromatic heterocycles. The number of nitrogens with one attached hydrogen (secondary N) is 2. The molecule has 136 valence electrons. The van der Waals surface area contributed by atoms with Crippen molar-refractivity contribution in [3.8, 4) is 0 Å². The minimum Gasteiger partial charge on any atom is -0.376 e. The maximum Gasteiger partial charge on any atom is 0.258 e. The molecular formula is C20H15ClFN3O2. The molecule has 2 amide bonds. The molecule has 2 aliphatic heterocycles. The normalized spacial score (nSPS) is 15.9. The average Bonchev–Trinajstić information content (AvgIpc) is 3.13. The van der Waals surface area contributed by atoms with Crippen LogP contribution in [0.15, 0.2) is 53.6 Å². The van der Waals surface area contributed by atoms with Gasteiger partial charge >= 0.3 is 0 Å². The molecule has 2 heterocycles. The predicted octanol–water partition coefficient (Wildman–Crippen LogP) is 2.93. The quantitative estimate of drug-likeness (QED) is 0.856. The summed E-state index contributed by atoms with van der Waals surface area (Å²) in [6.45, 7) is 0. The van der Waals surface area contributed by atoms with Crippen LogP contribution in [0.2, 0.25) is 5.02 Å². The summed E-state index contributed by atoms with van der Waals surface area (Å²) in [6, 6.07) is 11.1. The van der Waals surface area contributed by atoms with Crippen LogP contribution in [0.3, 0.4) is 0 Å². The molecular weight excluding hydrogens is 369 g/mol. The van der Waals surface area contributed by atoms with E-state index < -0.39 is 17.6 Å². The molecule has 4 rings (SSSR count). The molecule has 2 aromatic rings. The van der Waals surface area contributed by atoms with Crippen molar-refractivity contribution in [2.45, 2.75) is 0 Å². The second kappa shape index (κ2) is 6.25. The Balaban J connectivity index is 1.87. The smallest absolute Gasteiger partial charge is 0.258 e. The maximum absolute atomic E-state index is 13.6. The summed E-state index contributed by atoms with van der Waals surface area (Å²) in [5.41, 5.74) is 3.04. The third kappa shape index (κ3) is 2.78. The molecule has 2 aromatic carbocycles. The van der Waals surface area contributed by atoms with Gasteiger partial charge in [0.1, 0.15) is 5.82 Å². The molecule has 27 heavy (non-hydrogen) atoms. The van der Waals surface area contributed by atoms with Crippen molar-refractivity contribution in [3.05, 3.63) is 75.6 Å². The number of rotatable bonds is 3. The first kappa shape index (κ1) is 17.3. The number of halogens is 2. The van der Waals surface area contributed by atoms with Crippen molar-refractivity contribution < 1.29 is 14.0 Å². The van der Waals surface area contributed by atoms with E-state index in [0.29, 0.717) is 27.5 Å². The highest BCUT2D eigenvalue weighted by atomic mass is 35.5. The van der Waals surface area contributed by atoms with Gasteiger partial charge in [0, 0.05) is 25.2 Å². The Bertz CT molecular complexity index is 1070. The zero-order chi connectivity index (χ0) is 19.3. The fraction of sp³-hybridized carbons (Fsp3) is 0.100. The Morgan fingerprint density at radius 1 is 0.889 bits per heavy atom. The summed E-state index contributed by atoms with van der Waals surface area (Å²) in [7, 11) is 3.74. The van der Waals surface area contributed by atoms with Crippen molar-refractivity contribution in [1.82, 2.24) is 10.6 Å². The predicted molar refractivity (Wildman–Crippen MR) is 102 cm³/mol. The standard InChI is InChI=1S/C20H15ClFN3O2/c1-25(2)14-7-6-11(9-13(14)21)18-16-15(19(26)24-18)17(23-20(16)27)10-4-3-5-12(22)8-10/h3-9H,1-2H3,(H,23,27)(H,24,26). The van der Waals surface area contributed by atoms with E-state index in [1.807, 2.05) is 25.1 Å². The SMILES string of the molecule is CN(C)c1ccc(C2=C3C(=O)NC(c4cccc(F)c4)=C3C(=O)N2)cc1Cl. The number of anilines is 1. The van der Waals surface area contributed by atoms with Crippen molar-refractivity contribution in [3.63, 3.8) is 0 Å². The Labute approximate surface area is 160 Å². The fourth-order valence-electron chi connectivity index (χ4n) is 3.28. The lowest BCUT2D eigenvalue weighted by atomic mass is 10.0. The molecule has 0 radical (unpaired) electrons. The zero-order valence-electron chi connectivity index (χ0n) is 14.6. The van der Waals surface area contributed by atoms with Gasteiger partial charge in [0.15, 0.2) is 0 Å². The summed E-state index contributed by atoms with van der Waals surface area (Å²) in [5, 5.41) is 5.94. The lowest BCUT2D eigenvalue weighted by Gasteiger charge is -2.15. The number of amides is 2. The largest absolute Gasteiger partial charge is 0.376 e. The molecule has 2 N–H and O–H groups in total. The summed E-state index contributed by atoms with van der Waals surface area (Å²) >= 11 is 6.33. The van der Waals surface area contributed by atoms with Gasteiger partial charge in [-0.25, -0.2) is 4.39 Å². The minimum absolute atomic E-state index is 0.216. The molecule has 0 unspecified atom stereocenters. The van der Waals surface area contributed by atoms with E-state index in [1.165, 1.54) is 18.2 Å². The second-order valence-corrected chi connectivity index (χ2v) is 6.89. The Hall–Kier alpha value is -3.12. The number of carbonyl (C=O) groups is 2. The highest BCUT2D eigenvalue weighted by molar-refractivity contribution is 6.34. The van der Waals surface area contributed by atoms with Crippen molar-refractivity contribution in [2.24, 2.45) is 0 Å². The van der Waals surface area contributed by atoms with Crippen LogP contribution in [0.25, 0.3) is 11.4 Å². The number of hydrogen-bond donors (Lipinski definition) is 2. The van der Waals surface area contributed by atoms with Crippen LogP contribution in [0.1, 0.15) is 11.1 Å². The van der Waals surface area contributed by atoms with E-state index in [0.717, 1.165) is 5.69 Å². The number of fused-ring (bicyclic) bond motifs is 1. The second-order valence-electron chi connectivity index (χ2n) is 6.48. The molecule has 0 spiro atoms. The highest BCUT2D eigenvalue weighted by Gasteiger charge is 2.40. The molecule has 0 aliphatic carbocycles. The number of benzene rings is 2. The van der Waals surface area contributed by atoms with Gasteiger partial charge in [-0.2, -0.15) is 0 Å². The van der Waals surface area contributed by atoms with Crippen LogP contribution >= 0.6 is 11.6 Å². The molecule has 5 nitrogen and oxygen atoms in total. The molecule has 7 heteroatoms. The molecule has 0 saturated carbocycles. The number of hydrogen-bond acceptors (Lipinski definition) is 3. The van der Waals surface area contributed by atoms with Crippen LogP contribution in [0, 0.1) is 5.82 Å². The van der Waals surface area contributed by atoms with Gasteiger partial charge in [0.25, 0.3) is 11.8 Å². The molecule has 0 saturated heterocycles. The molecule has 0 fully saturated rings. The first-order chi connectivity index (χ1) is 12.9. The lowest BCUT2D eigenvalue weighted by Crippen LogP contribution is -2.21. The van der Waals surface area contributed by atoms with Gasteiger partial charge in [0.2, 0.25) is 0 Å². The first-order valence-corrected chi connectivity index (χ1v) is 8.59. The Morgan fingerprint density at radius 3 is 2.00 bits per heavy atom. The fourth-order valence-corrected chi connectivity index (χ4v) is 3.63. The topological polar surface area (TPSA) is 61.4 Å². The summed E-state index contributed by atoms with van der Waals surface area (Å²) < 4.78 is 13.6. The molecule has 0 bridgehead atoms. The third-order valence-electron chi connectivity index (χ3n) is 4.51. The van der Waals surface area contributed by atoms with Crippen molar-refractivity contribution in [1.29, 1.82) is 0 Å². The molecule has 0 atom stereocenters. The van der Waals surface area contributed by atoms with Crippen LogP contribution < -0.4 is 15.5 Å².